The quantitative estimate of drug-likeness (QED) is 0.734. The maximum atomic E-state index is 12.5. The van der Waals surface area contributed by atoms with Crippen LogP contribution >= 0.6 is 0 Å². The van der Waals surface area contributed by atoms with Crippen LogP contribution in [0.4, 0.5) is 5.82 Å². The van der Waals surface area contributed by atoms with Crippen LogP contribution in [0.3, 0.4) is 0 Å². The first-order valence-electron chi connectivity index (χ1n) is 9.20. The van der Waals surface area contributed by atoms with Gasteiger partial charge >= 0.3 is 0 Å². The van der Waals surface area contributed by atoms with Crippen molar-refractivity contribution < 1.29 is 14.3 Å². The molecule has 1 fully saturated rings. The topological polar surface area (TPSA) is 71.5 Å². The molecule has 1 N–H and O–H groups in total. The van der Waals surface area contributed by atoms with Gasteiger partial charge < -0.3 is 15.0 Å². The Morgan fingerprint density at radius 3 is 2.96 bits per heavy atom. The van der Waals surface area contributed by atoms with Crippen molar-refractivity contribution in [2.24, 2.45) is 5.92 Å². The minimum Gasteiger partial charge on any atom is -0.372 e. The molecule has 6 nitrogen and oxygen atoms in total. The molecule has 25 heavy (non-hydrogen) atoms. The Hall–Kier alpha value is -1.95. The van der Waals surface area contributed by atoms with Crippen LogP contribution in [0.1, 0.15) is 44.7 Å². The zero-order valence-electron chi connectivity index (χ0n) is 15.3. The van der Waals surface area contributed by atoms with Gasteiger partial charge in [-0.05, 0) is 38.3 Å². The number of piperidine rings is 1. The van der Waals surface area contributed by atoms with Crippen LogP contribution < -0.4 is 5.32 Å². The zero-order valence-corrected chi connectivity index (χ0v) is 15.3. The predicted octanol–water partition coefficient (Wildman–Crippen LogP) is 2.77. The van der Waals surface area contributed by atoms with E-state index in [-0.39, 0.29) is 24.3 Å². The Morgan fingerprint density at radius 2 is 2.20 bits per heavy atom. The molecule has 0 saturated carbocycles. The lowest BCUT2D eigenvalue weighted by atomic mass is 9.97. The average molecular weight is 347 g/mol. The molecule has 1 aromatic rings. The van der Waals surface area contributed by atoms with E-state index in [1.165, 1.54) is 0 Å². The van der Waals surface area contributed by atoms with Gasteiger partial charge in [-0.1, -0.05) is 25.8 Å². The van der Waals surface area contributed by atoms with Gasteiger partial charge in [0.2, 0.25) is 11.8 Å². The minimum atomic E-state index is -0.194. The van der Waals surface area contributed by atoms with Crippen molar-refractivity contribution in [1.82, 2.24) is 9.88 Å². The van der Waals surface area contributed by atoms with Gasteiger partial charge in [0.25, 0.3) is 0 Å². The number of likely N-dealkylation sites (tertiary alicyclic amines) is 1. The SMILES string of the molecule is CCCCCOCC(=O)N1CCCC(C(=O)Nc2cccc(C)n2)C1. The van der Waals surface area contributed by atoms with E-state index in [1.807, 2.05) is 19.1 Å². The summed E-state index contributed by atoms with van der Waals surface area (Å²) < 4.78 is 5.45. The third-order valence-electron chi connectivity index (χ3n) is 4.40. The number of pyridine rings is 1. The van der Waals surface area contributed by atoms with E-state index >= 15 is 0 Å². The average Bonchev–Trinajstić information content (AvgIpc) is 2.61. The number of carbonyl (C=O) groups is 2. The highest BCUT2D eigenvalue weighted by molar-refractivity contribution is 5.92. The fourth-order valence-corrected chi connectivity index (χ4v) is 2.96. The molecule has 1 aromatic heterocycles. The van der Waals surface area contributed by atoms with Crippen molar-refractivity contribution in [3.63, 3.8) is 0 Å². The summed E-state index contributed by atoms with van der Waals surface area (Å²) in [5, 5.41) is 2.86. The molecule has 2 heterocycles. The van der Waals surface area contributed by atoms with Crippen molar-refractivity contribution in [1.29, 1.82) is 0 Å². The molecule has 1 aliphatic rings. The lowest BCUT2D eigenvalue weighted by molar-refractivity contribution is -0.139. The zero-order chi connectivity index (χ0) is 18.1. The standard InChI is InChI=1S/C19H29N3O3/c1-3-4-5-12-25-14-18(23)22-11-7-9-16(13-22)19(24)21-17-10-6-8-15(2)20-17/h6,8,10,16H,3-5,7,9,11-14H2,1-2H3,(H,20,21,24). The molecule has 0 radical (unpaired) electrons. The number of hydrogen-bond acceptors (Lipinski definition) is 4. The number of anilines is 1. The Kier molecular flexibility index (Phi) is 7.85. The Labute approximate surface area is 150 Å². The first-order chi connectivity index (χ1) is 12.1. The van der Waals surface area contributed by atoms with E-state index < -0.39 is 0 Å². The fraction of sp³-hybridized carbons (Fsp3) is 0.632. The van der Waals surface area contributed by atoms with Crippen LogP contribution in [-0.2, 0) is 14.3 Å². The molecule has 1 aliphatic heterocycles. The molecular weight excluding hydrogens is 318 g/mol. The Balaban J connectivity index is 1.79. The summed E-state index contributed by atoms with van der Waals surface area (Å²) in [5.41, 5.74) is 0.860. The third-order valence-corrected chi connectivity index (χ3v) is 4.40. The van der Waals surface area contributed by atoms with Gasteiger partial charge in [0, 0.05) is 25.4 Å². The summed E-state index contributed by atoms with van der Waals surface area (Å²) in [4.78, 5) is 30.8. The summed E-state index contributed by atoms with van der Waals surface area (Å²) in [5.74, 6) is 0.273. The number of unbranched alkanes of at least 4 members (excludes halogenated alkanes) is 2. The second-order valence-electron chi connectivity index (χ2n) is 6.59. The van der Waals surface area contributed by atoms with Gasteiger partial charge in [0.05, 0.1) is 5.92 Å². The summed E-state index contributed by atoms with van der Waals surface area (Å²) in [6.07, 6.45) is 4.86. The molecule has 0 aliphatic carbocycles. The monoisotopic (exact) mass is 347 g/mol. The van der Waals surface area contributed by atoms with E-state index in [1.54, 1.807) is 11.0 Å². The van der Waals surface area contributed by atoms with Gasteiger partial charge in [-0.3, -0.25) is 9.59 Å². The van der Waals surface area contributed by atoms with Crippen LogP contribution in [-0.4, -0.2) is 48.0 Å². The van der Waals surface area contributed by atoms with E-state index in [0.29, 0.717) is 25.5 Å². The van der Waals surface area contributed by atoms with Gasteiger partial charge in [0.1, 0.15) is 12.4 Å². The largest absolute Gasteiger partial charge is 0.372 e. The Morgan fingerprint density at radius 1 is 1.36 bits per heavy atom. The second kappa shape index (κ2) is 10.1. The van der Waals surface area contributed by atoms with Gasteiger partial charge in [-0.2, -0.15) is 0 Å². The van der Waals surface area contributed by atoms with Crippen LogP contribution in [0.5, 0.6) is 0 Å². The number of carbonyl (C=O) groups excluding carboxylic acids is 2. The van der Waals surface area contributed by atoms with Crippen LogP contribution in [0, 0.1) is 12.8 Å². The molecule has 2 amide bonds. The molecule has 0 aromatic carbocycles. The van der Waals surface area contributed by atoms with Gasteiger partial charge in [-0.25, -0.2) is 4.98 Å². The number of aromatic nitrogens is 1. The molecule has 2 rings (SSSR count). The van der Waals surface area contributed by atoms with Crippen LogP contribution in [0.15, 0.2) is 18.2 Å². The van der Waals surface area contributed by atoms with Gasteiger partial charge in [-0.15, -0.1) is 0 Å². The minimum absolute atomic E-state index is 0.0253. The number of aryl methyl sites for hydroxylation is 1. The molecule has 138 valence electrons. The maximum absolute atomic E-state index is 12.5. The van der Waals surface area contributed by atoms with Crippen molar-refractivity contribution in [3.05, 3.63) is 23.9 Å². The maximum Gasteiger partial charge on any atom is 0.248 e. The lowest BCUT2D eigenvalue weighted by Gasteiger charge is -2.32. The van der Waals surface area contributed by atoms with E-state index in [2.05, 4.69) is 17.2 Å². The molecular formula is C19H29N3O3. The van der Waals surface area contributed by atoms with Crippen molar-refractivity contribution >= 4 is 17.6 Å². The molecule has 0 bridgehead atoms. The van der Waals surface area contributed by atoms with E-state index in [9.17, 15) is 9.59 Å². The molecule has 1 atom stereocenters. The summed E-state index contributed by atoms with van der Waals surface area (Å²) >= 11 is 0. The number of ether oxygens (including phenoxy) is 1. The summed E-state index contributed by atoms with van der Waals surface area (Å²) in [7, 11) is 0. The molecule has 1 saturated heterocycles. The first-order valence-corrected chi connectivity index (χ1v) is 9.20. The Bertz CT molecular complexity index is 577. The predicted molar refractivity (Wildman–Crippen MR) is 97.3 cm³/mol. The number of rotatable bonds is 8. The second-order valence-corrected chi connectivity index (χ2v) is 6.59. The third kappa shape index (κ3) is 6.46. The molecule has 6 heteroatoms. The lowest BCUT2D eigenvalue weighted by Crippen LogP contribution is -2.45. The molecule has 1 unspecified atom stereocenters. The molecule has 0 spiro atoms. The van der Waals surface area contributed by atoms with E-state index in [4.69, 9.17) is 4.74 Å². The van der Waals surface area contributed by atoms with Crippen molar-refractivity contribution in [2.75, 3.05) is 31.6 Å². The number of nitrogens with one attached hydrogen (secondary N) is 1. The van der Waals surface area contributed by atoms with Crippen molar-refractivity contribution in [2.45, 2.75) is 46.0 Å². The smallest absolute Gasteiger partial charge is 0.248 e. The normalized spacial score (nSPS) is 17.4. The van der Waals surface area contributed by atoms with E-state index in [0.717, 1.165) is 37.8 Å². The fourth-order valence-electron chi connectivity index (χ4n) is 2.96. The number of amides is 2. The van der Waals surface area contributed by atoms with Crippen LogP contribution in [0.2, 0.25) is 0 Å². The van der Waals surface area contributed by atoms with Crippen LogP contribution in [0.25, 0.3) is 0 Å². The number of hydrogen-bond donors (Lipinski definition) is 1. The highest BCUT2D eigenvalue weighted by Gasteiger charge is 2.28. The highest BCUT2D eigenvalue weighted by atomic mass is 16.5. The summed E-state index contributed by atoms with van der Waals surface area (Å²) in [6, 6.07) is 5.53. The van der Waals surface area contributed by atoms with Crippen molar-refractivity contribution in [3.8, 4) is 0 Å². The van der Waals surface area contributed by atoms with Gasteiger partial charge in [0.15, 0.2) is 0 Å². The highest BCUT2D eigenvalue weighted by Crippen LogP contribution is 2.18. The summed E-state index contributed by atoms with van der Waals surface area (Å²) in [6.45, 7) is 5.90. The first kappa shape index (κ1) is 19.4. The number of nitrogens with zero attached hydrogens (tertiary/aromatic N) is 2.